The van der Waals surface area contributed by atoms with Crippen molar-refractivity contribution in [2.75, 3.05) is 34.4 Å². The molecule has 1 atom stereocenters. The highest BCUT2D eigenvalue weighted by molar-refractivity contribution is 5.95. The van der Waals surface area contributed by atoms with Gasteiger partial charge in [-0.1, -0.05) is 0 Å². The number of ether oxygens (including phenoxy) is 4. The van der Waals surface area contributed by atoms with Crippen LogP contribution in [0.4, 0.5) is 0 Å². The molecule has 1 unspecified atom stereocenters. The summed E-state index contributed by atoms with van der Waals surface area (Å²) in [5.74, 6) is 1.72. The van der Waals surface area contributed by atoms with Gasteiger partial charge in [-0.2, -0.15) is 5.10 Å². The predicted molar refractivity (Wildman–Crippen MR) is 102 cm³/mol. The number of amides is 1. The number of nitrogens with zero attached hydrogens (tertiary/aromatic N) is 3. The smallest absolute Gasteiger partial charge is 0.254 e. The van der Waals surface area contributed by atoms with Gasteiger partial charge in [0.05, 0.1) is 33.6 Å². The van der Waals surface area contributed by atoms with Crippen LogP contribution in [0.2, 0.25) is 0 Å². The molecule has 2 heterocycles. The Morgan fingerprint density at radius 1 is 1.07 bits per heavy atom. The molecule has 1 fully saturated rings. The Morgan fingerprint density at radius 2 is 1.79 bits per heavy atom. The fourth-order valence-electron chi connectivity index (χ4n) is 3.23. The number of aryl methyl sites for hydroxylation is 1. The Kier molecular flexibility index (Phi) is 6.18. The van der Waals surface area contributed by atoms with Crippen LogP contribution in [0.3, 0.4) is 0 Å². The second kappa shape index (κ2) is 8.77. The van der Waals surface area contributed by atoms with E-state index < -0.39 is 0 Å². The standard InChI is InChI=1S/C20H25N3O5/c1-13-7-8-18(22-21-13)28-15-6-5-9-23(12-15)20(24)14-10-16(25-2)19(27-4)17(11-14)26-3/h7-8,10-11,15H,5-6,9,12H2,1-4H3. The molecule has 0 spiro atoms. The molecule has 0 aliphatic carbocycles. The van der Waals surface area contributed by atoms with Gasteiger partial charge < -0.3 is 23.8 Å². The number of rotatable bonds is 6. The van der Waals surface area contributed by atoms with Gasteiger partial charge in [0, 0.05) is 18.2 Å². The van der Waals surface area contributed by atoms with Crippen LogP contribution in [-0.4, -0.2) is 61.5 Å². The second-order valence-electron chi connectivity index (χ2n) is 6.56. The SMILES string of the molecule is COc1cc(C(=O)N2CCCC(Oc3ccc(C)nn3)C2)cc(OC)c1OC. The van der Waals surface area contributed by atoms with Gasteiger partial charge in [-0.3, -0.25) is 4.79 Å². The van der Waals surface area contributed by atoms with Crippen molar-refractivity contribution >= 4 is 5.91 Å². The minimum atomic E-state index is -0.128. The summed E-state index contributed by atoms with van der Waals surface area (Å²) in [5.41, 5.74) is 1.31. The van der Waals surface area contributed by atoms with Crippen LogP contribution in [0.1, 0.15) is 28.9 Å². The van der Waals surface area contributed by atoms with Crippen LogP contribution >= 0.6 is 0 Å². The van der Waals surface area contributed by atoms with Gasteiger partial charge in [-0.05, 0) is 38.0 Å². The van der Waals surface area contributed by atoms with Crippen LogP contribution in [0.15, 0.2) is 24.3 Å². The lowest BCUT2D eigenvalue weighted by atomic mass is 10.1. The fourth-order valence-corrected chi connectivity index (χ4v) is 3.23. The summed E-state index contributed by atoms with van der Waals surface area (Å²) in [5, 5.41) is 8.05. The number of benzene rings is 1. The zero-order valence-electron chi connectivity index (χ0n) is 16.6. The van der Waals surface area contributed by atoms with E-state index in [1.165, 1.54) is 21.3 Å². The minimum absolute atomic E-state index is 0.109. The summed E-state index contributed by atoms with van der Waals surface area (Å²) < 4.78 is 21.9. The molecule has 0 radical (unpaired) electrons. The Bertz CT molecular complexity index is 800. The fraction of sp³-hybridized carbons (Fsp3) is 0.450. The third kappa shape index (κ3) is 4.27. The van der Waals surface area contributed by atoms with E-state index in [2.05, 4.69) is 10.2 Å². The molecular weight excluding hydrogens is 362 g/mol. The van der Waals surface area contributed by atoms with E-state index in [9.17, 15) is 4.79 Å². The number of piperidine rings is 1. The maximum atomic E-state index is 13.1. The zero-order chi connectivity index (χ0) is 20.1. The Labute approximate surface area is 164 Å². The first-order chi connectivity index (χ1) is 13.5. The number of methoxy groups -OCH3 is 3. The van der Waals surface area contributed by atoms with Crippen molar-refractivity contribution in [2.45, 2.75) is 25.9 Å². The molecule has 0 saturated carbocycles. The minimum Gasteiger partial charge on any atom is -0.493 e. The van der Waals surface area contributed by atoms with Crippen LogP contribution in [-0.2, 0) is 0 Å². The van der Waals surface area contributed by atoms with Crippen LogP contribution in [0, 0.1) is 6.92 Å². The lowest BCUT2D eigenvalue weighted by Gasteiger charge is -2.32. The first-order valence-corrected chi connectivity index (χ1v) is 9.12. The van der Waals surface area contributed by atoms with E-state index in [0.717, 1.165) is 18.5 Å². The Balaban J connectivity index is 1.75. The van der Waals surface area contributed by atoms with Crippen molar-refractivity contribution in [3.8, 4) is 23.1 Å². The lowest BCUT2D eigenvalue weighted by molar-refractivity contribution is 0.0525. The number of hydrogen-bond acceptors (Lipinski definition) is 7. The van der Waals surface area contributed by atoms with Gasteiger partial charge >= 0.3 is 0 Å². The third-order valence-electron chi connectivity index (χ3n) is 4.64. The Hall–Kier alpha value is -3.03. The van der Waals surface area contributed by atoms with E-state index in [-0.39, 0.29) is 12.0 Å². The van der Waals surface area contributed by atoms with Crippen LogP contribution in [0.25, 0.3) is 0 Å². The third-order valence-corrected chi connectivity index (χ3v) is 4.64. The molecule has 28 heavy (non-hydrogen) atoms. The molecular formula is C20H25N3O5. The monoisotopic (exact) mass is 387 g/mol. The van der Waals surface area contributed by atoms with E-state index in [4.69, 9.17) is 18.9 Å². The zero-order valence-corrected chi connectivity index (χ0v) is 16.6. The number of carbonyl (C=O) groups is 1. The average Bonchev–Trinajstić information content (AvgIpc) is 2.73. The first-order valence-electron chi connectivity index (χ1n) is 9.12. The highest BCUT2D eigenvalue weighted by Gasteiger charge is 2.27. The van der Waals surface area contributed by atoms with Gasteiger partial charge in [0.2, 0.25) is 11.6 Å². The van der Waals surface area contributed by atoms with Crippen molar-refractivity contribution in [3.63, 3.8) is 0 Å². The van der Waals surface area contributed by atoms with E-state index in [1.807, 2.05) is 13.0 Å². The molecule has 8 nitrogen and oxygen atoms in total. The summed E-state index contributed by atoms with van der Waals surface area (Å²) in [6.07, 6.45) is 1.58. The molecule has 1 aromatic carbocycles. The molecule has 0 N–H and O–H groups in total. The van der Waals surface area contributed by atoms with Crippen molar-refractivity contribution in [1.29, 1.82) is 0 Å². The number of hydrogen-bond donors (Lipinski definition) is 0. The normalized spacial score (nSPS) is 16.4. The van der Waals surface area contributed by atoms with Crippen molar-refractivity contribution < 1.29 is 23.7 Å². The highest BCUT2D eigenvalue weighted by Crippen LogP contribution is 2.38. The first kappa shape index (κ1) is 19.7. The van der Waals surface area contributed by atoms with Crippen molar-refractivity contribution in [2.24, 2.45) is 0 Å². The highest BCUT2D eigenvalue weighted by atomic mass is 16.5. The van der Waals surface area contributed by atoms with Gasteiger partial charge in [0.25, 0.3) is 5.91 Å². The Morgan fingerprint density at radius 3 is 2.36 bits per heavy atom. The van der Waals surface area contributed by atoms with Gasteiger partial charge in [-0.25, -0.2) is 0 Å². The molecule has 1 aliphatic heterocycles. The molecule has 150 valence electrons. The molecule has 8 heteroatoms. The molecule has 1 aromatic heterocycles. The predicted octanol–water partition coefficient (Wildman–Crippen LogP) is 2.49. The summed E-state index contributed by atoms with van der Waals surface area (Å²) in [7, 11) is 4.58. The number of likely N-dealkylation sites (tertiary alicyclic amines) is 1. The summed E-state index contributed by atoms with van der Waals surface area (Å²) in [6.45, 7) is 3.01. The quantitative estimate of drug-likeness (QED) is 0.753. The van der Waals surface area contributed by atoms with Crippen LogP contribution in [0.5, 0.6) is 23.1 Å². The van der Waals surface area contributed by atoms with E-state index in [0.29, 0.717) is 41.8 Å². The molecule has 0 bridgehead atoms. The largest absolute Gasteiger partial charge is 0.493 e. The summed E-state index contributed by atoms with van der Waals surface area (Å²) in [4.78, 5) is 14.8. The van der Waals surface area contributed by atoms with Gasteiger partial charge in [0.15, 0.2) is 11.5 Å². The molecule has 3 rings (SSSR count). The van der Waals surface area contributed by atoms with E-state index in [1.54, 1.807) is 23.1 Å². The maximum absolute atomic E-state index is 13.1. The molecule has 2 aromatic rings. The molecule has 1 amide bonds. The maximum Gasteiger partial charge on any atom is 0.254 e. The van der Waals surface area contributed by atoms with Crippen LogP contribution < -0.4 is 18.9 Å². The van der Waals surface area contributed by atoms with E-state index >= 15 is 0 Å². The average molecular weight is 387 g/mol. The topological polar surface area (TPSA) is 83.0 Å². The lowest BCUT2D eigenvalue weighted by Crippen LogP contribution is -2.44. The van der Waals surface area contributed by atoms with Crippen molar-refractivity contribution in [1.82, 2.24) is 15.1 Å². The molecule has 1 aliphatic rings. The van der Waals surface area contributed by atoms with Gasteiger partial charge in [0.1, 0.15) is 6.10 Å². The summed E-state index contributed by atoms with van der Waals surface area (Å²) >= 11 is 0. The van der Waals surface area contributed by atoms with Crippen molar-refractivity contribution in [3.05, 3.63) is 35.5 Å². The number of carbonyl (C=O) groups excluding carboxylic acids is 1. The summed E-state index contributed by atoms with van der Waals surface area (Å²) in [6, 6.07) is 6.98. The van der Waals surface area contributed by atoms with Gasteiger partial charge in [-0.15, -0.1) is 5.10 Å². The molecule has 1 saturated heterocycles. The second-order valence-corrected chi connectivity index (χ2v) is 6.56. The number of aromatic nitrogens is 2.